The Morgan fingerprint density at radius 2 is 2.12 bits per heavy atom. The van der Waals surface area contributed by atoms with Crippen LogP contribution in [0.2, 0.25) is 0 Å². The number of nitrogens with one attached hydrogen (secondary N) is 1. The summed E-state index contributed by atoms with van der Waals surface area (Å²) in [6.07, 6.45) is 7.26. The van der Waals surface area contributed by atoms with Crippen molar-refractivity contribution in [3.05, 3.63) is 35.3 Å². The topological polar surface area (TPSA) is 51.5 Å². The number of hydrogen-bond acceptors (Lipinski definition) is 3. The predicted molar refractivity (Wildman–Crippen MR) is 90.7 cm³/mol. The lowest BCUT2D eigenvalue weighted by molar-refractivity contribution is 0.0273. The van der Waals surface area contributed by atoms with Gasteiger partial charge in [-0.1, -0.05) is 31.4 Å². The van der Waals surface area contributed by atoms with Gasteiger partial charge in [-0.05, 0) is 32.3 Å². The molecule has 1 aromatic carbocycles. The summed E-state index contributed by atoms with van der Waals surface area (Å²) in [7, 11) is 0. The molecule has 0 bridgehead atoms. The molecule has 0 atom stereocenters. The van der Waals surface area contributed by atoms with Crippen molar-refractivity contribution in [3.63, 3.8) is 0 Å². The average molecular weight is 333 g/mol. The Morgan fingerprint density at radius 1 is 1.33 bits per heavy atom. The lowest BCUT2D eigenvalue weighted by atomic mass is 9.98. The van der Waals surface area contributed by atoms with E-state index in [0.717, 1.165) is 19.3 Å². The highest BCUT2D eigenvalue weighted by atomic mass is 19.1. The first kappa shape index (κ1) is 17.0. The van der Waals surface area contributed by atoms with Crippen LogP contribution in [0.15, 0.2) is 22.6 Å². The van der Waals surface area contributed by atoms with Crippen LogP contribution in [-0.2, 0) is 4.74 Å². The molecule has 0 saturated heterocycles. The minimum Gasteiger partial charge on any atom is -0.448 e. The largest absolute Gasteiger partial charge is 0.448 e. The Balaban J connectivity index is 1.48. The van der Waals surface area contributed by atoms with Crippen molar-refractivity contribution in [1.29, 1.82) is 0 Å². The molecule has 0 radical (unpaired) electrons. The highest BCUT2D eigenvalue weighted by Crippen LogP contribution is 2.27. The van der Waals surface area contributed by atoms with Gasteiger partial charge >= 0.3 is 0 Å². The average Bonchev–Trinajstić information content (AvgIpc) is 2.94. The Labute approximate surface area is 141 Å². The number of carbonyl (C=O) groups excluding carboxylic acids is 1. The second kappa shape index (κ2) is 7.79. The maximum absolute atomic E-state index is 13.7. The van der Waals surface area contributed by atoms with Crippen molar-refractivity contribution in [2.45, 2.75) is 51.6 Å². The van der Waals surface area contributed by atoms with E-state index in [4.69, 9.17) is 9.15 Å². The Hall–Kier alpha value is -1.88. The first-order chi connectivity index (χ1) is 11.7. The first-order valence-electron chi connectivity index (χ1n) is 8.74. The second-order valence-corrected chi connectivity index (χ2v) is 6.41. The quantitative estimate of drug-likeness (QED) is 0.800. The monoisotopic (exact) mass is 333 g/mol. The fraction of sp³-hybridized carbons (Fsp3) is 0.526. The molecule has 4 nitrogen and oxygen atoms in total. The number of carbonyl (C=O) groups is 1. The van der Waals surface area contributed by atoms with Crippen LogP contribution in [0, 0.1) is 12.7 Å². The number of benzene rings is 1. The zero-order chi connectivity index (χ0) is 16.9. The SMILES string of the molecule is Cc1c(C(=O)NCCCOC2CCCCC2)oc2c(F)cccc12. The van der Waals surface area contributed by atoms with Gasteiger partial charge in [-0.2, -0.15) is 0 Å². The highest BCUT2D eigenvalue weighted by molar-refractivity contribution is 5.98. The van der Waals surface area contributed by atoms with Crippen LogP contribution in [0.25, 0.3) is 11.0 Å². The number of aryl methyl sites for hydroxylation is 1. The van der Waals surface area contributed by atoms with Gasteiger partial charge in [-0.15, -0.1) is 0 Å². The lowest BCUT2D eigenvalue weighted by Crippen LogP contribution is -2.26. The normalized spacial score (nSPS) is 15.8. The molecular weight excluding hydrogens is 309 g/mol. The number of amides is 1. The molecular formula is C19H24FNO3. The summed E-state index contributed by atoms with van der Waals surface area (Å²) in [6.45, 7) is 2.94. The smallest absolute Gasteiger partial charge is 0.287 e. The molecule has 0 spiro atoms. The van der Waals surface area contributed by atoms with E-state index in [1.807, 2.05) is 0 Å². The summed E-state index contributed by atoms with van der Waals surface area (Å²) in [5, 5.41) is 3.46. The molecule has 130 valence electrons. The van der Waals surface area contributed by atoms with Gasteiger partial charge in [0.05, 0.1) is 6.10 Å². The zero-order valence-electron chi connectivity index (χ0n) is 14.1. The van der Waals surface area contributed by atoms with Crippen molar-refractivity contribution < 1.29 is 18.3 Å². The van der Waals surface area contributed by atoms with Gasteiger partial charge in [0.2, 0.25) is 0 Å². The third-order valence-electron chi connectivity index (χ3n) is 4.63. The lowest BCUT2D eigenvalue weighted by Gasteiger charge is -2.21. The van der Waals surface area contributed by atoms with Crippen LogP contribution in [-0.4, -0.2) is 25.2 Å². The van der Waals surface area contributed by atoms with Crippen molar-refractivity contribution in [2.24, 2.45) is 0 Å². The Kier molecular flexibility index (Phi) is 5.51. The summed E-state index contributed by atoms with van der Waals surface area (Å²) >= 11 is 0. The maximum Gasteiger partial charge on any atom is 0.287 e. The first-order valence-corrected chi connectivity index (χ1v) is 8.74. The minimum absolute atomic E-state index is 0.140. The number of furan rings is 1. The molecule has 24 heavy (non-hydrogen) atoms. The van der Waals surface area contributed by atoms with E-state index in [1.165, 1.54) is 25.3 Å². The number of rotatable bonds is 6. The van der Waals surface area contributed by atoms with Crippen molar-refractivity contribution in [1.82, 2.24) is 5.32 Å². The van der Waals surface area contributed by atoms with Crippen LogP contribution >= 0.6 is 0 Å². The molecule has 5 heteroatoms. The second-order valence-electron chi connectivity index (χ2n) is 6.41. The van der Waals surface area contributed by atoms with Crippen LogP contribution < -0.4 is 5.32 Å². The predicted octanol–water partition coefficient (Wildman–Crippen LogP) is 4.35. The van der Waals surface area contributed by atoms with E-state index in [1.54, 1.807) is 19.1 Å². The van der Waals surface area contributed by atoms with Gasteiger partial charge in [0.1, 0.15) is 0 Å². The van der Waals surface area contributed by atoms with E-state index in [0.29, 0.717) is 30.2 Å². The van der Waals surface area contributed by atoms with Gasteiger partial charge in [-0.25, -0.2) is 4.39 Å². The molecule has 1 aromatic heterocycles. The highest BCUT2D eigenvalue weighted by Gasteiger charge is 2.19. The molecule has 1 fully saturated rings. The van der Waals surface area contributed by atoms with E-state index < -0.39 is 5.82 Å². The summed E-state index contributed by atoms with van der Waals surface area (Å²) in [5.74, 6) is -0.570. The van der Waals surface area contributed by atoms with Gasteiger partial charge in [0.15, 0.2) is 17.2 Å². The number of halogens is 1. The van der Waals surface area contributed by atoms with Gasteiger partial charge in [0.25, 0.3) is 5.91 Å². The number of fused-ring (bicyclic) bond motifs is 1. The molecule has 1 aliphatic carbocycles. The molecule has 1 amide bonds. The maximum atomic E-state index is 13.7. The third-order valence-corrected chi connectivity index (χ3v) is 4.63. The van der Waals surface area contributed by atoms with Crippen LogP contribution in [0.1, 0.15) is 54.6 Å². The van der Waals surface area contributed by atoms with Crippen molar-refractivity contribution in [2.75, 3.05) is 13.2 Å². The molecule has 1 N–H and O–H groups in total. The molecule has 0 unspecified atom stereocenters. The zero-order valence-corrected chi connectivity index (χ0v) is 14.1. The standard InChI is InChI=1S/C19H24FNO3/c1-13-15-9-5-10-16(20)18(15)24-17(13)19(22)21-11-6-12-23-14-7-3-2-4-8-14/h5,9-10,14H,2-4,6-8,11-12H2,1H3,(H,21,22). The fourth-order valence-electron chi connectivity index (χ4n) is 3.26. The molecule has 3 rings (SSSR count). The van der Waals surface area contributed by atoms with E-state index >= 15 is 0 Å². The van der Waals surface area contributed by atoms with E-state index in [-0.39, 0.29) is 17.3 Å². The number of para-hydroxylation sites is 1. The number of hydrogen-bond donors (Lipinski definition) is 1. The van der Waals surface area contributed by atoms with Gasteiger partial charge in [-0.3, -0.25) is 4.79 Å². The summed E-state index contributed by atoms with van der Waals surface area (Å²) in [4.78, 5) is 12.2. The fourth-order valence-corrected chi connectivity index (χ4v) is 3.26. The molecule has 1 saturated carbocycles. The molecule has 1 aliphatic rings. The molecule has 1 heterocycles. The minimum atomic E-state index is -0.449. The number of ether oxygens (including phenoxy) is 1. The summed E-state index contributed by atoms with van der Waals surface area (Å²) in [5.41, 5.74) is 0.807. The Bertz CT molecular complexity index is 704. The van der Waals surface area contributed by atoms with E-state index in [9.17, 15) is 9.18 Å². The van der Waals surface area contributed by atoms with Crippen molar-refractivity contribution >= 4 is 16.9 Å². The van der Waals surface area contributed by atoms with Gasteiger partial charge < -0.3 is 14.5 Å². The third kappa shape index (κ3) is 3.78. The summed E-state index contributed by atoms with van der Waals surface area (Å²) in [6, 6.07) is 4.70. The van der Waals surface area contributed by atoms with Crippen molar-refractivity contribution in [3.8, 4) is 0 Å². The van der Waals surface area contributed by atoms with E-state index in [2.05, 4.69) is 5.32 Å². The molecule has 2 aromatic rings. The molecule has 0 aliphatic heterocycles. The summed E-state index contributed by atoms with van der Waals surface area (Å²) < 4.78 is 25.0. The van der Waals surface area contributed by atoms with Crippen LogP contribution in [0.4, 0.5) is 4.39 Å². The van der Waals surface area contributed by atoms with Gasteiger partial charge in [0, 0.05) is 24.1 Å². The van der Waals surface area contributed by atoms with Crippen LogP contribution in [0.5, 0.6) is 0 Å². The Morgan fingerprint density at radius 3 is 2.88 bits per heavy atom. The van der Waals surface area contributed by atoms with Crippen LogP contribution in [0.3, 0.4) is 0 Å².